The quantitative estimate of drug-likeness (QED) is 0.827. The van der Waals surface area contributed by atoms with E-state index < -0.39 is 0 Å². The predicted molar refractivity (Wildman–Crippen MR) is 96.7 cm³/mol. The number of nitrogens with two attached hydrogens (primary N) is 1. The number of anilines is 1. The molecule has 0 unspecified atom stereocenters. The van der Waals surface area contributed by atoms with Crippen LogP contribution < -0.4 is 5.73 Å². The Kier molecular flexibility index (Phi) is 5.11. The highest BCUT2D eigenvalue weighted by Gasteiger charge is 2.39. The third kappa shape index (κ3) is 3.20. The molecule has 0 radical (unpaired) electrons. The number of hydrogen-bond donors (Lipinski definition) is 2. The van der Waals surface area contributed by atoms with Gasteiger partial charge in [-0.15, -0.1) is 0 Å². The smallest absolute Gasteiger partial charge is 0.294 e. The molecule has 0 saturated carbocycles. The largest absolute Gasteiger partial charge is 0.508 e. The van der Waals surface area contributed by atoms with E-state index in [0.717, 1.165) is 0 Å². The third-order valence-corrected chi connectivity index (χ3v) is 3.74. The summed E-state index contributed by atoms with van der Waals surface area (Å²) in [6.45, 7) is 10.7. The lowest BCUT2D eigenvalue weighted by molar-refractivity contribution is -0.131. The number of phenolic OH excluding ortho intramolecular Hbond substituents is 1. The van der Waals surface area contributed by atoms with E-state index in [0.29, 0.717) is 35.9 Å². The van der Waals surface area contributed by atoms with Crippen molar-refractivity contribution in [1.29, 1.82) is 0 Å². The van der Waals surface area contributed by atoms with Gasteiger partial charge in [-0.3, -0.25) is 14.8 Å². The van der Waals surface area contributed by atoms with E-state index in [1.54, 1.807) is 18.0 Å². The van der Waals surface area contributed by atoms with Crippen molar-refractivity contribution in [2.24, 2.45) is 9.98 Å². The highest BCUT2D eigenvalue weighted by atomic mass is 16.3. The number of amidine groups is 1. The van der Waals surface area contributed by atoms with Crippen LogP contribution in [0.25, 0.3) is 0 Å². The van der Waals surface area contributed by atoms with Gasteiger partial charge in [-0.2, -0.15) is 0 Å². The van der Waals surface area contributed by atoms with Crippen molar-refractivity contribution in [2.45, 2.75) is 40.7 Å². The summed E-state index contributed by atoms with van der Waals surface area (Å²) in [5, 5.41) is 13.2. The summed E-state index contributed by atoms with van der Waals surface area (Å²) in [6, 6.07) is 3.15. The number of carbonyl (C=O) groups is 1. The zero-order chi connectivity index (χ0) is 18.0. The third-order valence-electron chi connectivity index (χ3n) is 3.74. The first-order chi connectivity index (χ1) is 11.3. The number of nitrogens with zero attached hydrogens (tertiary/aromatic N) is 4. The number of aryl methyl sites for hydroxylation is 1. The van der Waals surface area contributed by atoms with E-state index in [-0.39, 0.29) is 23.4 Å². The van der Waals surface area contributed by atoms with E-state index >= 15 is 0 Å². The van der Waals surface area contributed by atoms with Crippen LogP contribution in [0, 0.1) is 6.92 Å². The molecule has 3 N–H and O–H groups in total. The maximum absolute atomic E-state index is 12.7. The van der Waals surface area contributed by atoms with Crippen molar-refractivity contribution in [1.82, 2.24) is 10.0 Å². The molecule has 0 aliphatic carbocycles. The summed E-state index contributed by atoms with van der Waals surface area (Å²) >= 11 is 0. The first kappa shape index (κ1) is 17.8. The van der Waals surface area contributed by atoms with Gasteiger partial charge in [0, 0.05) is 25.2 Å². The Morgan fingerprint density at radius 2 is 1.83 bits per heavy atom. The molecule has 0 aromatic heterocycles. The van der Waals surface area contributed by atoms with Crippen molar-refractivity contribution >= 4 is 28.8 Å². The number of aromatic hydroxyl groups is 1. The second kappa shape index (κ2) is 6.90. The second-order valence-electron chi connectivity index (χ2n) is 5.94. The van der Waals surface area contributed by atoms with Gasteiger partial charge >= 0.3 is 0 Å². The average molecular weight is 331 g/mol. The maximum atomic E-state index is 12.7. The van der Waals surface area contributed by atoms with Gasteiger partial charge in [0.25, 0.3) is 5.91 Å². The molecular weight excluding hydrogens is 306 g/mol. The number of hydrogen-bond acceptors (Lipinski definition) is 5. The van der Waals surface area contributed by atoms with Crippen LogP contribution in [-0.4, -0.2) is 51.7 Å². The highest BCUT2D eigenvalue weighted by molar-refractivity contribution is 6.69. The van der Waals surface area contributed by atoms with E-state index in [9.17, 15) is 9.90 Å². The molecule has 130 valence electrons. The van der Waals surface area contributed by atoms with Crippen LogP contribution in [0.15, 0.2) is 22.1 Å². The van der Waals surface area contributed by atoms with Gasteiger partial charge in [0.2, 0.25) is 0 Å². The van der Waals surface area contributed by atoms with Crippen molar-refractivity contribution in [3.63, 3.8) is 0 Å². The van der Waals surface area contributed by atoms with Crippen LogP contribution in [0.2, 0.25) is 0 Å². The Labute approximate surface area is 142 Å². The molecule has 1 fully saturated rings. The van der Waals surface area contributed by atoms with Gasteiger partial charge in [0.05, 0.1) is 11.4 Å². The maximum Gasteiger partial charge on any atom is 0.294 e. The van der Waals surface area contributed by atoms with E-state index in [1.807, 2.05) is 32.7 Å². The van der Waals surface area contributed by atoms with Gasteiger partial charge < -0.3 is 10.8 Å². The second-order valence-corrected chi connectivity index (χ2v) is 5.94. The van der Waals surface area contributed by atoms with Crippen molar-refractivity contribution < 1.29 is 9.90 Å². The van der Waals surface area contributed by atoms with Crippen molar-refractivity contribution in [3.8, 4) is 5.75 Å². The molecule has 1 aliphatic heterocycles. The van der Waals surface area contributed by atoms with Crippen LogP contribution in [-0.2, 0) is 4.79 Å². The zero-order valence-corrected chi connectivity index (χ0v) is 14.9. The lowest BCUT2D eigenvalue weighted by atomic mass is 10.1. The molecule has 1 aromatic rings. The lowest BCUT2D eigenvalue weighted by Crippen LogP contribution is -2.40. The van der Waals surface area contributed by atoms with Crippen LogP contribution in [0.3, 0.4) is 0 Å². The Morgan fingerprint density at radius 3 is 2.38 bits per heavy atom. The summed E-state index contributed by atoms with van der Waals surface area (Å²) < 4.78 is 0. The fourth-order valence-electron chi connectivity index (χ4n) is 2.58. The molecule has 0 atom stereocenters. The lowest BCUT2D eigenvalue weighted by Gasteiger charge is -2.26. The van der Waals surface area contributed by atoms with E-state index in [1.165, 1.54) is 6.07 Å². The van der Waals surface area contributed by atoms with Gasteiger partial charge in [-0.1, -0.05) is 0 Å². The minimum atomic E-state index is -0.191. The van der Waals surface area contributed by atoms with E-state index in [2.05, 4.69) is 9.98 Å². The minimum absolute atomic E-state index is 0.0303. The fraction of sp³-hybridized carbons (Fsp3) is 0.471. The summed E-state index contributed by atoms with van der Waals surface area (Å²) in [5.41, 5.74) is 7.66. The molecule has 1 heterocycles. The number of benzene rings is 1. The summed E-state index contributed by atoms with van der Waals surface area (Å²) in [4.78, 5) is 21.8. The van der Waals surface area contributed by atoms with Crippen LogP contribution in [0.1, 0.15) is 33.3 Å². The summed E-state index contributed by atoms with van der Waals surface area (Å²) in [5.74, 6) is 0.476. The van der Waals surface area contributed by atoms with Crippen molar-refractivity contribution in [2.75, 3.05) is 18.8 Å². The SMILES string of the molecule is CCN1C(=O)C(=Nc2cc(C)c(O)cc2N)C(=NC(C)C)N1CC. The fourth-order valence-corrected chi connectivity index (χ4v) is 2.58. The molecule has 1 aromatic carbocycles. The number of phenols is 1. The topological polar surface area (TPSA) is 94.5 Å². The highest BCUT2D eigenvalue weighted by Crippen LogP contribution is 2.31. The van der Waals surface area contributed by atoms with Gasteiger partial charge in [-0.25, -0.2) is 10.0 Å². The molecule has 1 amide bonds. The molecule has 2 rings (SSSR count). The van der Waals surface area contributed by atoms with E-state index in [4.69, 9.17) is 5.73 Å². The molecule has 7 nitrogen and oxygen atoms in total. The number of rotatable bonds is 4. The van der Waals surface area contributed by atoms with Gasteiger partial charge in [0.1, 0.15) is 5.75 Å². The summed E-state index contributed by atoms with van der Waals surface area (Å²) in [7, 11) is 0. The van der Waals surface area contributed by atoms with Gasteiger partial charge in [-0.05, 0) is 46.2 Å². The Morgan fingerprint density at radius 1 is 1.21 bits per heavy atom. The Balaban J connectivity index is 2.61. The molecule has 7 heteroatoms. The summed E-state index contributed by atoms with van der Waals surface area (Å²) in [6.07, 6.45) is 0. The average Bonchev–Trinajstić information content (AvgIpc) is 2.75. The minimum Gasteiger partial charge on any atom is -0.508 e. The standard InChI is InChI=1S/C17H25N5O2/c1-6-21-16(19-10(3)4)15(17(24)22(21)7-2)20-13-8-11(5)14(23)9-12(13)18/h8-10,23H,6-7,18H2,1-5H3. The number of carbonyl (C=O) groups excluding carboxylic acids is 1. The van der Waals surface area contributed by atoms with Crippen LogP contribution in [0.5, 0.6) is 5.75 Å². The molecule has 24 heavy (non-hydrogen) atoms. The van der Waals surface area contributed by atoms with Crippen LogP contribution in [0.4, 0.5) is 11.4 Å². The Hall–Kier alpha value is -2.57. The first-order valence-corrected chi connectivity index (χ1v) is 8.15. The van der Waals surface area contributed by atoms with Crippen molar-refractivity contribution in [3.05, 3.63) is 17.7 Å². The molecule has 0 spiro atoms. The number of amides is 1. The molecular formula is C17H25N5O2. The number of hydrazine groups is 1. The number of aliphatic imine (C=N–C) groups is 2. The zero-order valence-electron chi connectivity index (χ0n) is 14.9. The number of nitrogen functional groups attached to an aromatic ring is 1. The predicted octanol–water partition coefficient (Wildman–Crippen LogP) is 2.26. The van der Waals surface area contributed by atoms with Gasteiger partial charge in [0.15, 0.2) is 11.5 Å². The Bertz CT molecular complexity index is 709. The molecule has 0 bridgehead atoms. The normalized spacial score (nSPS) is 18.5. The monoisotopic (exact) mass is 331 g/mol. The molecule has 1 saturated heterocycles. The van der Waals surface area contributed by atoms with Crippen LogP contribution >= 0.6 is 0 Å². The first-order valence-electron chi connectivity index (χ1n) is 8.15. The molecule has 1 aliphatic rings.